The molecule has 0 aliphatic carbocycles. The van der Waals surface area contributed by atoms with Gasteiger partial charge in [-0.25, -0.2) is 0 Å². The summed E-state index contributed by atoms with van der Waals surface area (Å²) >= 11 is 4.91. The van der Waals surface area contributed by atoms with Crippen LogP contribution in [0.2, 0.25) is 0 Å². The molecule has 15 heavy (non-hydrogen) atoms. The predicted molar refractivity (Wildman–Crippen MR) is 72.2 cm³/mol. The van der Waals surface area contributed by atoms with Crippen molar-refractivity contribution in [3.8, 4) is 0 Å². The second kappa shape index (κ2) is 6.44. The van der Waals surface area contributed by atoms with Crippen LogP contribution < -0.4 is 5.73 Å². The lowest BCUT2D eigenvalue weighted by Crippen LogP contribution is -2.35. The molecule has 0 heterocycles. The molecule has 90 valence electrons. The average molecular weight is 230 g/mol. The van der Waals surface area contributed by atoms with Crippen molar-refractivity contribution in [2.45, 2.75) is 53.5 Å². The van der Waals surface area contributed by atoms with Crippen molar-refractivity contribution in [1.82, 2.24) is 4.90 Å². The number of hydrogen-bond acceptors (Lipinski definition) is 2. The maximum Gasteiger partial charge on any atom is 0.0740 e. The first-order valence-electron chi connectivity index (χ1n) is 5.75. The fourth-order valence-corrected chi connectivity index (χ4v) is 1.45. The predicted octanol–water partition coefficient (Wildman–Crippen LogP) is 2.81. The Hall–Kier alpha value is -0.150. The first kappa shape index (κ1) is 14.8. The standard InChI is InChI=1S/C12H26N2S/c1-10(2)14(8-6-11(13)15)9-7-12(3,4)5/h10H,6-9H2,1-5H3,(H2,13,15). The molecule has 0 aliphatic rings. The average Bonchev–Trinajstić information content (AvgIpc) is 2.00. The van der Waals surface area contributed by atoms with Gasteiger partial charge in [-0.05, 0) is 32.2 Å². The highest BCUT2D eigenvalue weighted by atomic mass is 32.1. The Kier molecular flexibility index (Phi) is 6.37. The third kappa shape index (κ3) is 8.82. The third-order valence-electron chi connectivity index (χ3n) is 2.52. The van der Waals surface area contributed by atoms with E-state index in [9.17, 15) is 0 Å². The highest BCUT2D eigenvalue weighted by Crippen LogP contribution is 2.19. The molecule has 0 amide bonds. The Morgan fingerprint density at radius 2 is 1.80 bits per heavy atom. The molecule has 0 fully saturated rings. The number of nitrogens with two attached hydrogens (primary N) is 1. The molecule has 0 saturated heterocycles. The quantitative estimate of drug-likeness (QED) is 0.712. The molecular weight excluding hydrogens is 204 g/mol. The van der Waals surface area contributed by atoms with Crippen LogP contribution in [0.15, 0.2) is 0 Å². The van der Waals surface area contributed by atoms with Gasteiger partial charge in [-0.1, -0.05) is 33.0 Å². The second-order valence-electron chi connectivity index (χ2n) is 5.66. The molecule has 0 aliphatic heterocycles. The van der Waals surface area contributed by atoms with Gasteiger partial charge < -0.3 is 10.6 Å². The summed E-state index contributed by atoms with van der Waals surface area (Å²) in [5.41, 5.74) is 5.93. The topological polar surface area (TPSA) is 29.3 Å². The molecule has 0 bridgehead atoms. The molecule has 0 aromatic heterocycles. The molecule has 2 nitrogen and oxygen atoms in total. The van der Waals surface area contributed by atoms with Gasteiger partial charge in [0.15, 0.2) is 0 Å². The Morgan fingerprint density at radius 1 is 1.27 bits per heavy atom. The van der Waals surface area contributed by atoms with Gasteiger partial charge in [-0.2, -0.15) is 0 Å². The fraction of sp³-hybridized carbons (Fsp3) is 0.917. The molecule has 0 aromatic rings. The Morgan fingerprint density at radius 3 is 2.13 bits per heavy atom. The first-order valence-corrected chi connectivity index (χ1v) is 6.15. The van der Waals surface area contributed by atoms with Crippen LogP contribution in [0.1, 0.15) is 47.5 Å². The Balaban J connectivity index is 4.00. The van der Waals surface area contributed by atoms with Crippen LogP contribution in [0, 0.1) is 5.41 Å². The van der Waals surface area contributed by atoms with Crippen molar-refractivity contribution in [3.05, 3.63) is 0 Å². The molecule has 0 radical (unpaired) electrons. The van der Waals surface area contributed by atoms with Gasteiger partial charge in [0.1, 0.15) is 0 Å². The molecule has 0 unspecified atom stereocenters. The number of thiocarbonyl (C=S) groups is 1. The Bertz CT molecular complexity index is 194. The van der Waals surface area contributed by atoms with Gasteiger partial charge in [-0.15, -0.1) is 0 Å². The molecule has 0 spiro atoms. The van der Waals surface area contributed by atoms with E-state index in [1.54, 1.807) is 0 Å². The normalized spacial score (nSPS) is 12.5. The van der Waals surface area contributed by atoms with E-state index in [1.165, 1.54) is 6.42 Å². The summed E-state index contributed by atoms with van der Waals surface area (Å²) in [4.78, 5) is 3.07. The van der Waals surface area contributed by atoms with Crippen molar-refractivity contribution in [2.75, 3.05) is 13.1 Å². The smallest absolute Gasteiger partial charge is 0.0740 e. The molecule has 3 heteroatoms. The summed E-state index contributed by atoms with van der Waals surface area (Å²) in [5, 5.41) is 0. The largest absolute Gasteiger partial charge is 0.393 e. The zero-order valence-electron chi connectivity index (χ0n) is 10.8. The van der Waals surface area contributed by atoms with Crippen molar-refractivity contribution in [1.29, 1.82) is 0 Å². The summed E-state index contributed by atoms with van der Waals surface area (Å²) in [6, 6.07) is 0.571. The molecule has 0 rings (SSSR count). The maximum absolute atomic E-state index is 5.53. The zero-order chi connectivity index (χ0) is 12.1. The lowest BCUT2D eigenvalue weighted by molar-refractivity contribution is 0.194. The van der Waals surface area contributed by atoms with E-state index in [4.69, 9.17) is 18.0 Å². The van der Waals surface area contributed by atoms with E-state index >= 15 is 0 Å². The molecular formula is C12H26N2S. The maximum atomic E-state index is 5.53. The van der Waals surface area contributed by atoms with Crippen molar-refractivity contribution >= 4 is 17.2 Å². The first-order chi connectivity index (χ1) is 6.72. The molecule has 0 atom stereocenters. The lowest BCUT2D eigenvalue weighted by Gasteiger charge is -2.29. The summed E-state index contributed by atoms with van der Waals surface area (Å²) in [7, 11) is 0. The van der Waals surface area contributed by atoms with E-state index in [-0.39, 0.29) is 0 Å². The van der Waals surface area contributed by atoms with Gasteiger partial charge in [0.05, 0.1) is 4.99 Å². The van der Waals surface area contributed by atoms with Crippen molar-refractivity contribution < 1.29 is 0 Å². The van der Waals surface area contributed by atoms with Gasteiger partial charge in [0.25, 0.3) is 0 Å². The van der Waals surface area contributed by atoms with Crippen molar-refractivity contribution in [3.63, 3.8) is 0 Å². The van der Waals surface area contributed by atoms with E-state index < -0.39 is 0 Å². The molecule has 0 aromatic carbocycles. The molecule has 2 N–H and O–H groups in total. The molecule has 0 saturated carbocycles. The van der Waals surface area contributed by atoms with Crippen molar-refractivity contribution in [2.24, 2.45) is 11.1 Å². The van der Waals surface area contributed by atoms with Crippen LogP contribution in [-0.4, -0.2) is 29.0 Å². The van der Waals surface area contributed by atoms with Crippen LogP contribution in [0.3, 0.4) is 0 Å². The van der Waals surface area contributed by atoms with Gasteiger partial charge in [-0.3, -0.25) is 0 Å². The minimum Gasteiger partial charge on any atom is -0.393 e. The van der Waals surface area contributed by atoms with Crippen LogP contribution in [-0.2, 0) is 0 Å². The van der Waals surface area contributed by atoms with E-state index in [2.05, 4.69) is 39.5 Å². The summed E-state index contributed by atoms with van der Waals surface area (Å²) < 4.78 is 0. The van der Waals surface area contributed by atoms with Crippen LogP contribution >= 0.6 is 12.2 Å². The highest BCUT2D eigenvalue weighted by molar-refractivity contribution is 7.80. The van der Waals surface area contributed by atoms with Crippen LogP contribution in [0.5, 0.6) is 0 Å². The monoisotopic (exact) mass is 230 g/mol. The summed E-state index contributed by atoms with van der Waals surface area (Å²) in [6.45, 7) is 13.4. The number of rotatable bonds is 6. The van der Waals surface area contributed by atoms with Gasteiger partial charge in [0.2, 0.25) is 0 Å². The summed E-state index contributed by atoms with van der Waals surface area (Å²) in [5.74, 6) is 0. The van der Waals surface area contributed by atoms with E-state index in [1.807, 2.05) is 0 Å². The van der Waals surface area contributed by atoms with Crippen LogP contribution in [0.4, 0.5) is 0 Å². The fourth-order valence-electron chi connectivity index (χ4n) is 1.36. The third-order valence-corrected chi connectivity index (χ3v) is 2.73. The van der Waals surface area contributed by atoms with Crippen LogP contribution in [0.25, 0.3) is 0 Å². The van der Waals surface area contributed by atoms with E-state index in [0.29, 0.717) is 16.4 Å². The highest BCUT2D eigenvalue weighted by Gasteiger charge is 2.15. The second-order valence-corrected chi connectivity index (χ2v) is 6.18. The van der Waals surface area contributed by atoms with Gasteiger partial charge in [0, 0.05) is 19.0 Å². The lowest BCUT2D eigenvalue weighted by atomic mass is 9.92. The number of hydrogen-bond donors (Lipinski definition) is 1. The van der Waals surface area contributed by atoms with E-state index in [0.717, 1.165) is 19.5 Å². The Labute approximate surface area is 100 Å². The zero-order valence-corrected chi connectivity index (χ0v) is 11.7. The SMILES string of the molecule is CC(C)N(CCC(N)=S)CCC(C)(C)C. The summed E-state index contributed by atoms with van der Waals surface area (Å²) in [6.07, 6.45) is 2.04. The minimum atomic E-state index is 0.399. The minimum absolute atomic E-state index is 0.399. The number of nitrogens with zero attached hydrogens (tertiary/aromatic N) is 1. The van der Waals surface area contributed by atoms with Gasteiger partial charge >= 0.3 is 0 Å².